The van der Waals surface area contributed by atoms with Crippen LogP contribution in [0.5, 0.6) is 0 Å². The number of ether oxygens (including phenoxy) is 3. The van der Waals surface area contributed by atoms with Crippen molar-refractivity contribution in [2.45, 2.75) is 264 Å². The van der Waals surface area contributed by atoms with Crippen molar-refractivity contribution in [3.63, 3.8) is 0 Å². The molecule has 0 aromatic heterocycles. The van der Waals surface area contributed by atoms with E-state index in [-0.39, 0.29) is 31.1 Å². The van der Waals surface area contributed by atoms with E-state index in [1.807, 2.05) is 0 Å². The van der Waals surface area contributed by atoms with Crippen LogP contribution in [0.2, 0.25) is 0 Å². The maximum atomic E-state index is 12.7. The molecule has 0 aliphatic carbocycles. The summed E-state index contributed by atoms with van der Waals surface area (Å²) >= 11 is 0. The van der Waals surface area contributed by atoms with E-state index in [2.05, 4.69) is 57.2 Å². The molecule has 338 valence electrons. The summed E-state index contributed by atoms with van der Waals surface area (Å²) in [5.74, 6) is -0.896. The highest BCUT2D eigenvalue weighted by Crippen LogP contribution is 2.14. The second-order valence-corrected chi connectivity index (χ2v) is 16.7. The SMILES string of the molecule is CCCC/C=C\C/C=C\CCCCCCCC(=O)O[C@@H](COC(=O)CCCCCCC/C=C\CCCCCCCCC)COC(=O)CCCCCCCCCCCC. The third kappa shape index (κ3) is 44.7. The summed E-state index contributed by atoms with van der Waals surface area (Å²) in [6.45, 7) is 6.57. The topological polar surface area (TPSA) is 78.9 Å². The van der Waals surface area contributed by atoms with Crippen molar-refractivity contribution in [2.75, 3.05) is 13.2 Å². The van der Waals surface area contributed by atoms with Crippen LogP contribution in [0.3, 0.4) is 0 Å². The Hall–Kier alpha value is -2.37. The largest absolute Gasteiger partial charge is 0.462 e. The average Bonchev–Trinajstić information content (AvgIpc) is 3.22. The number of carbonyl (C=O) groups excluding carboxylic acids is 3. The number of unbranched alkanes of at least 4 members (excludes halogenated alkanes) is 28. The van der Waals surface area contributed by atoms with Crippen LogP contribution in [0, 0.1) is 0 Å². The fraction of sp³-hybridized carbons (Fsp3) is 0.827. The summed E-state index contributed by atoms with van der Waals surface area (Å²) in [5.41, 5.74) is 0. The van der Waals surface area contributed by atoms with Gasteiger partial charge in [-0.3, -0.25) is 14.4 Å². The van der Waals surface area contributed by atoms with Gasteiger partial charge in [-0.25, -0.2) is 0 Å². The highest BCUT2D eigenvalue weighted by atomic mass is 16.6. The highest BCUT2D eigenvalue weighted by molar-refractivity contribution is 5.71. The van der Waals surface area contributed by atoms with Gasteiger partial charge in [0, 0.05) is 19.3 Å². The summed E-state index contributed by atoms with van der Waals surface area (Å²) in [6.07, 6.45) is 54.1. The molecule has 0 unspecified atom stereocenters. The van der Waals surface area contributed by atoms with Gasteiger partial charge in [0.2, 0.25) is 0 Å². The van der Waals surface area contributed by atoms with Crippen LogP contribution in [0.15, 0.2) is 36.5 Å². The normalized spacial score (nSPS) is 12.3. The maximum Gasteiger partial charge on any atom is 0.306 e. The molecule has 58 heavy (non-hydrogen) atoms. The molecule has 0 aromatic carbocycles. The minimum Gasteiger partial charge on any atom is -0.462 e. The first-order chi connectivity index (χ1) is 28.5. The summed E-state index contributed by atoms with van der Waals surface area (Å²) in [5, 5.41) is 0. The number of allylic oxidation sites excluding steroid dienone is 6. The van der Waals surface area contributed by atoms with Crippen molar-refractivity contribution in [1.29, 1.82) is 0 Å². The fourth-order valence-electron chi connectivity index (χ4n) is 7.04. The number of rotatable bonds is 45. The lowest BCUT2D eigenvalue weighted by atomic mass is 10.1. The van der Waals surface area contributed by atoms with E-state index in [4.69, 9.17) is 14.2 Å². The van der Waals surface area contributed by atoms with Crippen LogP contribution in [-0.4, -0.2) is 37.2 Å². The fourth-order valence-corrected chi connectivity index (χ4v) is 7.04. The summed E-state index contributed by atoms with van der Waals surface area (Å²) in [7, 11) is 0. The number of hydrogen-bond acceptors (Lipinski definition) is 6. The van der Waals surface area contributed by atoms with Gasteiger partial charge in [-0.1, -0.05) is 205 Å². The first-order valence-corrected chi connectivity index (χ1v) is 25.0. The van der Waals surface area contributed by atoms with Crippen LogP contribution >= 0.6 is 0 Å². The molecule has 0 spiro atoms. The Labute approximate surface area is 359 Å². The van der Waals surface area contributed by atoms with Gasteiger partial charge in [0.05, 0.1) is 0 Å². The molecular formula is C52H94O6. The second kappa shape index (κ2) is 47.3. The van der Waals surface area contributed by atoms with Crippen molar-refractivity contribution < 1.29 is 28.6 Å². The Bertz CT molecular complexity index is 984. The van der Waals surface area contributed by atoms with E-state index in [0.717, 1.165) is 89.9 Å². The Balaban J connectivity index is 4.36. The Kier molecular flexibility index (Phi) is 45.4. The lowest BCUT2D eigenvalue weighted by Gasteiger charge is -2.18. The molecule has 6 heteroatoms. The van der Waals surface area contributed by atoms with E-state index < -0.39 is 6.10 Å². The predicted molar refractivity (Wildman–Crippen MR) is 247 cm³/mol. The molecule has 0 aromatic rings. The quantitative estimate of drug-likeness (QED) is 0.0264. The highest BCUT2D eigenvalue weighted by Gasteiger charge is 2.19. The third-order valence-electron chi connectivity index (χ3n) is 10.9. The molecule has 0 aliphatic rings. The molecule has 1 atom stereocenters. The molecule has 0 aliphatic heterocycles. The van der Waals surface area contributed by atoms with Crippen LogP contribution in [0.1, 0.15) is 258 Å². The molecule has 0 rings (SSSR count). The number of esters is 3. The summed E-state index contributed by atoms with van der Waals surface area (Å²) in [4.78, 5) is 37.8. The van der Waals surface area contributed by atoms with Crippen molar-refractivity contribution >= 4 is 17.9 Å². The maximum absolute atomic E-state index is 12.7. The van der Waals surface area contributed by atoms with Gasteiger partial charge >= 0.3 is 17.9 Å². The molecule has 0 saturated heterocycles. The first kappa shape index (κ1) is 55.6. The monoisotopic (exact) mass is 815 g/mol. The van der Waals surface area contributed by atoms with Crippen LogP contribution in [0.25, 0.3) is 0 Å². The summed E-state index contributed by atoms with van der Waals surface area (Å²) < 4.78 is 16.7. The zero-order valence-corrected chi connectivity index (χ0v) is 38.6. The zero-order valence-electron chi connectivity index (χ0n) is 38.6. The van der Waals surface area contributed by atoms with Gasteiger partial charge in [-0.2, -0.15) is 0 Å². The first-order valence-electron chi connectivity index (χ1n) is 25.0. The molecule has 0 fully saturated rings. The van der Waals surface area contributed by atoms with Crippen molar-refractivity contribution in [3.05, 3.63) is 36.5 Å². The van der Waals surface area contributed by atoms with Crippen molar-refractivity contribution in [2.24, 2.45) is 0 Å². The predicted octanol–water partition coefficient (Wildman–Crippen LogP) is 16.1. The standard InChI is InChI=1S/C52H94O6/c1-4-7-10-13-16-19-22-24-26-27-29-30-33-36-39-42-45-51(54)57-48-49(47-56-50(53)44-41-38-35-32-21-18-15-12-9-6-3)58-52(55)46-43-40-37-34-31-28-25-23-20-17-14-11-8-5-2/h14,17,23,25-27,49H,4-13,15-16,18-22,24,28-48H2,1-3H3/b17-14-,25-23-,27-26-/t49-/m1/s1. The molecule has 0 radical (unpaired) electrons. The van der Waals surface area contributed by atoms with Gasteiger partial charge in [0.25, 0.3) is 0 Å². The minimum absolute atomic E-state index is 0.0782. The van der Waals surface area contributed by atoms with Crippen LogP contribution < -0.4 is 0 Å². The van der Waals surface area contributed by atoms with Gasteiger partial charge in [-0.15, -0.1) is 0 Å². The molecule has 0 saturated carbocycles. The molecule has 0 bridgehead atoms. The number of hydrogen-bond donors (Lipinski definition) is 0. The molecule has 0 heterocycles. The van der Waals surface area contributed by atoms with E-state index in [1.165, 1.54) is 128 Å². The molecule has 6 nitrogen and oxygen atoms in total. The minimum atomic E-state index is -0.778. The Morgan fingerprint density at radius 3 is 1.02 bits per heavy atom. The van der Waals surface area contributed by atoms with Crippen LogP contribution in [-0.2, 0) is 28.6 Å². The van der Waals surface area contributed by atoms with E-state index in [0.29, 0.717) is 19.3 Å². The van der Waals surface area contributed by atoms with E-state index in [9.17, 15) is 14.4 Å². The van der Waals surface area contributed by atoms with Crippen molar-refractivity contribution in [1.82, 2.24) is 0 Å². The van der Waals surface area contributed by atoms with E-state index in [1.54, 1.807) is 0 Å². The average molecular weight is 815 g/mol. The van der Waals surface area contributed by atoms with Crippen LogP contribution in [0.4, 0.5) is 0 Å². The molecule has 0 amide bonds. The lowest BCUT2D eigenvalue weighted by molar-refractivity contribution is -0.167. The van der Waals surface area contributed by atoms with Gasteiger partial charge in [0.1, 0.15) is 13.2 Å². The third-order valence-corrected chi connectivity index (χ3v) is 10.9. The smallest absolute Gasteiger partial charge is 0.306 e. The van der Waals surface area contributed by atoms with Gasteiger partial charge in [-0.05, 0) is 70.6 Å². The molecule has 0 N–H and O–H groups in total. The van der Waals surface area contributed by atoms with E-state index >= 15 is 0 Å². The lowest BCUT2D eigenvalue weighted by Crippen LogP contribution is -2.30. The summed E-state index contributed by atoms with van der Waals surface area (Å²) in [6, 6.07) is 0. The van der Waals surface area contributed by atoms with Gasteiger partial charge < -0.3 is 14.2 Å². The Morgan fingerprint density at radius 1 is 0.345 bits per heavy atom. The zero-order chi connectivity index (χ0) is 42.3. The van der Waals surface area contributed by atoms with Crippen molar-refractivity contribution in [3.8, 4) is 0 Å². The number of carbonyl (C=O) groups is 3. The second-order valence-electron chi connectivity index (χ2n) is 16.7. The molecular weight excluding hydrogens is 721 g/mol. The Morgan fingerprint density at radius 2 is 0.638 bits per heavy atom. The van der Waals surface area contributed by atoms with Gasteiger partial charge in [0.15, 0.2) is 6.10 Å².